The van der Waals surface area contributed by atoms with Crippen molar-refractivity contribution in [3.8, 4) is 5.75 Å². The molecule has 0 saturated carbocycles. The summed E-state index contributed by atoms with van der Waals surface area (Å²) in [6.45, 7) is 13.4. The molecular weight excluding hydrogens is 420 g/mol. The lowest BCUT2D eigenvalue weighted by Crippen LogP contribution is -2.52. The maximum Gasteiger partial charge on any atom is 0.292 e. The predicted molar refractivity (Wildman–Crippen MR) is 128 cm³/mol. The van der Waals surface area contributed by atoms with Gasteiger partial charge in [-0.1, -0.05) is 59.7 Å². The van der Waals surface area contributed by atoms with Gasteiger partial charge < -0.3 is 8.99 Å². The third kappa shape index (κ3) is 3.09. The monoisotopic (exact) mass is 452 g/mol. The van der Waals surface area contributed by atoms with Crippen molar-refractivity contribution in [3.63, 3.8) is 0 Å². The van der Waals surface area contributed by atoms with Crippen molar-refractivity contribution >= 4 is 25.8 Å². The Bertz CT molecular complexity index is 1110. The first-order chi connectivity index (χ1) is 15.1. The molecule has 0 aliphatic carbocycles. The van der Waals surface area contributed by atoms with Gasteiger partial charge in [0.1, 0.15) is 5.56 Å². The maximum atomic E-state index is 13.7. The van der Waals surface area contributed by atoms with Crippen LogP contribution in [0.4, 0.5) is 5.69 Å². The van der Waals surface area contributed by atoms with Gasteiger partial charge in [0.15, 0.2) is 5.75 Å². The number of para-hydroxylation sites is 1. The van der Waals surface area contributed by atoms with Crippen LogP contribution in [-0.4, -0.2) is 24.7 Å². The molecule has 0 spiro atoms. The quantitative estimate of drug-likeness (QED) is 0.449. The second-order valence-electron chi connectivity index (χ2n) is 9.79. The van der Waals surface area contributed by atoms with Crippen molar-refractivity contribution in [2.45, 2.75) is 77.6 Å². The molecule has 2 amide bonds. The molecule has 0 atom stereocenters. The molecule has 0 fully saturated rings. The number of pyridine rings is 1. The van der Waals surface area contributed by atoms with Gasteiger partial charge in [-0.3, -0.25) is 14.4 Å². The fourth-order valence-electron chi connectivity index (χ4n) is 5.83. The standard InChI is InChI=1S/C25H32N2O4Si/c1-15(2)32(16(3)4,17(5)6)31-22-21-20(19-13-10-14-26(19)25(22)30)23(28)27(24(21)29)18-11-8-7-9-12-18/h7-9,11-12,15-17H,10,13-14H2,1-6H3. The third-order valence-electron chi connectivity index (χ3n) is 7.16. The highest BCUT2D eigenvalue weighted by Gasteiger charge is 2.51. The van der Waals surface area contributed by atoms with Crippen molar-refractivity contribution in [2.75, 3.05) is 4.90 Å². The van der Waals surface area contributed by atoms with Gasteiger partial charge in [0, 0.05) is 12.2 Å². The molecule has 4 rings (SSSR count). The van der Waals surface area contributed by atoms with E-state index in [9.17, 15) is 14.4 Å². The van der Waals surface area contributed by atoms with Crippen LogP contribution in [-0.2, 0) is 13.0 Å². The lowest BCUT2D eigenvalue weighted by atomic mass is 10.1. The Balaban J connectivity index is 1.98. The summed E-state index contributed by atoms with van der Waals surface area (Å²) in [7, 11) is -2.52. The van der Waals surface area contributed by atoms with E-state index in [1.165, 1.54) is 4.90 Å². The number of rotatable bonds is 6. The Morgan fingerprint density at radius 2 is 1.41 bits per heavy atom. The van der Waals surface area contributed by atoms with Crippen LogP contribution in [0.1, 0.15) is 74.4 Å². The van der Waals surface area contributed by atoms with Crippen LogP contribution in [0, 0.1) is 0 Å². The predicted octanol–water partition coefficient (Wildman–Crippen LogP) is 5.15. The molecule has 32 heavy (non-hydrogen) atoms. The minimum atomic E-state index is -2.52. The number of carbonyl (C=O) groups excluding carboxylic acids is 2. The second-order valence-corrected chi connectivity index (χ2v) is 15.2. The van der Waals surface area contributed by atoms with Gasteiger partial charge in [-0.15, -0.1) is 0 Å². The number of hydrogen-bond acceptors (Lipinski definition) is 4. The summed E-state index contributed by atoms with van der Waals surface area (Å²) >= 11 is 0. The number of imide groups is 1. The van der Waals surface area contributed by atoms with Crippen molar-refractivity contribution in [3.05, 3.63) is 57.5 Å². The van der Waals surface area contributed by atoms with Crippen LogP contribution in [0.15, 0.2) is 35.1 Å². The number of aromatic nitrogens is 1. The van der Waals surface area contributed by atoms with Gasteiger partial charge in [0.25, 0.3) is 25.7 Å². The zero-order valence-electron chi connectivity index (χ0n) is 19.8. The average molecular weight is 453 g/mol. The lowest BCUT2D eigenvalue weighted by Gasteiger charge is -2.42. The minimum absolute atomic E-state index is 0.0881. The van der Waals surface area contributed by atoms with E-state index in [-0.39, 0.29) is 39.4 Å². The third-order valence-corrected chi connectivity index (χ3v) is 13.1. The number of hydrogen-bond donors (Lipinski definition) is 0. The van der Waals surface area contributed by atoms with E-state index in [0.29, 0.717) is 29.9 Å². The summed E-state index contributed by atoms with van der Waals surface area (Å²) in [5, 5.41) is 0. The molecular formula is C25H32N2O4Si. The SMILES string of the molecule is CC(C)[Si](Oc1c2c(c3n(c1=O)CCC3)C(=O)N(c1ccccc1)C2=O)(C(C)C)C(C)C. The highest BCUT2D eigenvalue weighted by atomic mass is 28.4. The molecule has 0 bridgehead atoms. The van der Waals surface area contributed by atoms with Crippen LogP contribution >= 0.6 is 0 Å². The molecule has 2 aromatic rings. The van der Waals surface area contributed by atoms with Gasteiger partial charge >= 0.3 is 0 Å². The number of nitrogens with zero attached hydrogens (tertiary/aromatic N) is 2. The smallest absolute Gasteiger partial charge is 0.292 e. The molecule has 2 aliphatic heterocycles. The number of anilines is 1. The summed E-state index contributed by atoms with van der Waals surface area (Å²) < 4.78 is 8.45. The first kappa shape index (κ1) is 22.5. The lowest BCUT2D eigenvalue weighted by molar-refractivity contribution is 0.0925. The van der Waals surface area contributed by atoms with Crippen LogP contribution in [0.3, 0.4) is 0 Å². The molecule has 0 N–H and O–H groups in total. The van der Waals surface area contributed by atoms with Crippen molar-refractivity contribution < 1.29 is 14.0 Å². The summed E-state index contributed by atoms with van der Waals surface area (Å²) in [5.41, 5.74) is 2.11. The van der Waals surface area contributed by atoms with E-state index >= 15 is 0 Å². The molecule has 6 nitrogen and oxygen atoms in total. The highest BCUT2D eigenvalue weighted by Crippen LogP contribution is 2.45. The first-order valence-corrected chi connectivity index (χ1v) is 13.7. The molecule has 2 aliphatic rings. The number of fused-ring (bicyclic) bond motifs is 3. The molecule has 7 heteroatoms. The fraction of sp³-hybridized carbons (Fsp3) is 0.480. The summed E-state index contributed by atoms with van der Waals surface area (Å²) in [5.74, 6) is -0.736. The highest BCUT2D eigenvalue weighted by molar-refractivity contribution is 6.78. The molecule has 1 aromatic heterocycles. The van der Waals surface area contributed by atoms with Crippen molar-refractivity contribution in [1.29, 1.82) is 0 Å². The summed E-state index contributed by atoms with van der Waals surface area (Å²) in [6, 6.07) is 8.91. The zero-order chi connectivity index (χ0) is 23.4. The topological polar surface area (TPSA) is 68.6 Å². The van der Waals surface area contributed by atoms with Crippen molar-refractivity contribution in [2.24, 2.45) is 0 Å². The molecule has 0 radical (unpaired) electrons. The molecule has 3 heterocycles. The largest absolute Gasteiger partial charge is 0.538 e. The Labute approximate surface area is 190 Å². The van der Waals surface area contributed by atoms with Crippen LogP contribution in [0.5, 0.6) is 5.75 Å². The van der Waals surface area contributed by atoms with Gasteiger partial charge in [0.2, 0.25) is 0 Å². The first-order valence-electron chi connectivity index (χ1n) is 11.5. The van der Waals surface area contributed by atoms with E-state index in [4.69, 9.17) is 4.43 Å². The number of carbonyl (C=O) groups is 2. The fourth-order valence-corrected chi connectivity index (χ4v) is 11.1. The van der Waals surface area contributed by atoms with Crippen molar-refractivity contribution in [1.82, 2.24) is 4.57 Å². The molecule has 0 unspecified atom stereocenters. The van der Waals surface area contributed by atoms with Crippen LogP contribution < -0.4 is 14.9 Å². The van der Waals surface area contributed by atoms with E-state index in [2.05, 4.69) is 41.5 Å². The Kier molecular flexibility index (Phi) is 5.65. The molecule has 170 valence electrons. The van der Waals surface area contributed by atoms with Gasteiger partial charge in [-0.25, -0.2) is 4.90 Å². The second kappa shape index (κ2) is 8.03. The van der Waals surface area contributed by atoms with Crippen LogP contribution in [0.2, 0.25) is 16.6 Å². The number of amides is 2. The van der Waals surface area contributed by atoms with Gasteiger partial charge in [-0.2, -0.15) is 0 Å². The van der Waals surface area contributed by atoms with E-state index in [1.54, 1.807) is 28.8 Å². The maximum absolute atomic E-state index is 13.7. The average Bonchev–Trinajstić information content (AvgIpc) is 3.31. The van der Waals surface area contributed by atoms with E-state index < -0.39 is 14.2 Å². The Morgan fingerprint density at radius 3 is 1.97 bits per heavy atom. The summed E-state index contributed by atoms with van der Waals surface area (Å²) in [4.78, 5) is 42.0. The van der Waals surface area contributed by atoms with E-state index in [1.807, 2.05) is 6.07 Å². The zero-order valence-corrected chi connectivity index (χ0v) is 20.8. The van der Waals surface area contributed by atoms with E-state index in [0.717, 1.165) is 6.42 Å². The van der Waals surface area contributed by atoms with Gasteiger partial charge in [-0.05, 0) is 41.6 Å². The molecule has 0 saturated heterocycles. The summed E-state index contributed by atoms with van der Waals surface area (Å²) in [6.07, 6.45) is 1.39. The molecule has 1 aromatic carbocycles. The normalized spacial score (nSPS) is 15.8. The Morgan fingerprint density at radius 1 is 0.844 bits per heavy atom. The van der Waals surface area contributed by atoms with Crippen LogP contribution in [0.25, 0.3) is 0 Å². The minimum Gasteiger partial charge on any atom is -0.538 e. The Hall–Kier alpha value is -2.67. The number of benzene rings is 1. The van der Waals surface area contributed by atoms with Gasteiger partial charge in [0.05, 0.1) is 11.3 Å².